The van der Waals surface area contributed by atoms with E-state index >= 15 is 0 Å². The Bertz CT molecular complexity index is 947. The highest BCUT2D eigenvalue weighted by molar-refractivity contribution is 7.13. The molecule has 2 atom stereocenters. The molecule has 8 nitrogen and oxygen atoms in total. The molecule has 1 aromatic heterocycles. The summed E-state index contributed by atoms with van der Waals surface area (Å²) in [7, 11) is 0. The molecule has 2 aromatic rings. The summed E-state index contributed by atoms with van der Waals surface area (Å²) in [5.41, 5.74) is 1.75. The van der Waals surface area contributed by atoms with Crippen LogP contribution in [0.4, 0.5) is 16.5 Å². The normalized spacial score (nSPS) is 22.6. The molecule has 2 saturated heterocycles. The molecule has 0 spiro atoms. The van der Waals surface area contributed by atoms with Gasteiger partial charge in [-0.15, -0.1) is 11.3 Å². The standard InChI is InChI=1S/C23H31N5O3S/c1-16-11-17(2)13-26(12-16)14-19-15-32-23(24-19)25-22(29)18-7-9-27(10-8-18)20-5-3-4-6-21(20)28(30)31/h3-6,15-18H,7-14H2,1-2H3,(H,24,25,29). The summed E-state index contributed by atoms with van der Waals surface area (Å²) in [6.07, 6.45) is 2.62. The summed E-state index contributed by atoms with van der Waals surface area (Å²) >= 11 is 1.48. The van der Waals surface area contributed by atoms with Crippen molar-refractivity contribution < 1.29 is 9.72 Å². The maximum absolute atomic E-state index is 12.8. The number of carbonyl (C=O) groups is 1. The fourth-order valence-electron chi connectivity index (χ4n) is 5.06. The number of para-hydroxylation sites is 2. The molecule has 32 heavy (non-hydrogen) atoms. The van der Waals surface area contributed by atoms with Crippen molar-refractivity contribution in [1.29, 1.82) is 0 Å². The lowest BCUT2D eigenvalue weighted by Gasteiger charge is -2.34. The van der Waals surface area contributed by atoms with E-state index < -0.39 is 0 Å². The fraction of sp³-hybridized carbons (Fsp3) is 0.565. The summed E-state index contributed by atoms with van der Waals surface area (Å²) in [5, 5.41) is 17.0. The highest BCUT2D eigenvalue weighted by atomic mass is 32.1. The number of aromatic nitrogens is 1. The van der Waals surface area contributed by atoms with Crippen molar-refractivity contribution in [3.8, 4) is 0 Å². The Labute approximate surface area is 192 Å². The Kier molecular flexibility index (Phi) is 7.05. The van der Waals surface area contributed by atoms with Gasteiger partial charge in [0, 0.05) is 50.1 Å². The van der Waals surface area contributed by atoms with Gasteiger partial charge in [0.2, 0.25) is 5.91 Å². The molecular formula is C23H31N5O3S. The van der Waals surface area contributed by atoms with Crippen LogP contribution < -0.4 is 10.2 Å². The fourth-order valence-corrected chi connectivity index (χ4v) is 5.77. The zero-order valence-electron chi connectivity index (χ0n) is 18.7. The summed E-state index contributed by atoms with van der Waals surface area (Å²) in [4.78, 5) is 32.9. The number of nitrogens with one attached hydrogen (secondary N) is 1. The van der Waals surface area contributed by atoms with E-state index in [9.17, 15) is 14.9 Å². The van der Waals surface area contributed by atoms with Crippen molar-refractivity contribution in [3.05, 3.63) is 45.5 Å². The van der Waals surface area contributed by atoms with E-state index in [0.29, 0.717) is 48.6 Å². The van der Waals surface area contributed by atoms with E-state index in [4.69, 9.17) is 0 Å². The Morgan fingerprint density at radius 2 is 1.91 bits per heavy atom. The molecule has 0 bridgehead atoms. The van der Waals surface area contributed by atoms with Gasteiger partial charge in [-0.1, -0.05) is 26.0 Å². The number of benzene rings is 1. The minimum absolute atomic E-state index is 0.00618. The number of rotatable bonds is 6. The molecule has 9 heteroatoms. The molecule has 1 amide bonds. The Hall–Kier alpha value is -2.52. The van der Waals surface area contributed by atoms with Crippen LogP contribution >= 0.6 is 11.3 Å². The second-order valence-electron chi connectivity index (χ2n) is 9.28. The quantitative estimate of drug-likeness (QED) is 0.511. The van der Waals surface area contributed by atoms with Gasteiger partial charge in [-0.05, 0) is 37.2 Å². The SMILES string of the molecule is CC1CC(C)CN(Cc2csc(NC(=O)C3CCN(c4ccccc4[N+](=O)[O-])CC3)n2)C1. The molecule has 2 aliphatic heterocycles. The number of nitrogens with zero attached hydrogens (tertiary/aromatic N) is 4. The number of carbonyl (C=O) groups excluding carboxylic acids is 1. The number of nitro benzene ring substituents is 1. The van der Waals surface area contributed by atoms with Crippen molar-refractivity contribution in [2.75, 3.05) is 36.4 Å². The third-order valence-corrected chi connectivity index (χ3v) is 7.20. The van der Waals surface area contributed by atoms with Gasteiger partial charge in [-0.2, -0.15) is 0 Å². The number of thiazole rings is 1. The van der Waals surface area contributed by atoms with Gasteiger partial charge in [0.25, 0.3) is 5.69 Å². The van der Waals surface area contributed by atoms with Crippen LogP contribution in [0.3, 0.4) is 0 Å². The summed E-state index contributed by atoms with van der Waals surface area (Å²) in [6.45, 7) is 8.88. The monoisotopic (exact) mass is 457 g/mol. The number of hydrogen-bond acceptors (Lipinski definition) is 7. The van der Waals surface area contributed by atoms with Crippen LogP contribution in [0.2, 0.25) is 0 Å². The van der Waals surface area contributed by atoms with E-state index in [-0.39, 0.29) is 22.4 Å². The van der Waals surface area contributed by atoms with Gasteiger partial charge in [-0.3, -0.25) is 19.8 Å². The lowest BCUT2D eigenvalue weighted by molar-refractivity contribution is -0.384. The molecule has 1 aromatic carbocycles. The molecule has 0 radical (unpaired) electrons. The second kappa shape index (κ2) is 9.95. The van der Waals surface area contributed by atoms with Gasteiger partial charge < -0.3 is 10.2 Å². The Balaban J connectivity index is 1.29. The first kappa shape index (κ1) is 22.7. The predicted octanol–water partition coefficient (Wildman–Crippen LogP) is 4.38. The Morgan fingerprint density at radius 3 is 2.59 bits per heavy atom. The minimum Gasteiger partial charge on any atom is -0.366 e. The van der Waals surface area contributed by atoms with Crippen LogP contribution in [0, 0.1) is 27.9 Å². The first-order chi connectivity index (χ1) is 15.4. The number of likely N-dealkylation sites (tertiary alicyclic amines) is 1. The molecule has 3 heterocycles. The molecule has 2 aliphatic rings. The van der Waals surface area contributed by atoms with E-state index in [0.717, 1.165) is 25.3 Å². The van der Waals surface area contributed by atoms with Gasteiger partial charge in [0.15, 0.2) is 5.13 Å². The van der Waals surface area contributed by atoms with Crippen molar-refractivity contribution in [2.24, 2.45) is 17.8 Å². The molecule has 4 rings (SSSR count). The molecule has 0 saturated carbocycles. The van der Waals surface area contributed by atoms with E-state index in [1.165, 1.54) is 23.8 Å². The molecule has 2 unspecified atom stereocenters. The van der Waals surface area contributed by atoms with Gasteiger partial charge in [0.1, 0.15) is 5.69 Å². The lowest BCUT2D eigenvalue weighted by atomic mass is 9.92. The zero-order valence-corrected chi connectivity index (χ0v) is 19.5. The molecule has 172 valence electrons. The third kappa shape index (κ3) is 5.45. The number of anilines is 2. The lowest BCUT2D eigenvalue weighted by Crippen LogP contribution is -2.38. The second-order valence-corrected chi connectivity index (χ2v) is 10.1. The molecular weight excluding hydrogens is 426 g/mol. The van der Waals surface area contributed by atoms with E-state index in [2.05, 4.69) is 29.0 Å². The highest BCUT2D eigenvalue weighted by Gasteiger charge is 2.29. The minimum atomic E-state index is -0.348. The van der Waals surface area contributed by atoms with Crippen molar-refractivity contribution in [2.45, 2.75) is 39.7 Å². The maximum Gasteiger partial charge on any atom is 0.292 e. The van der Waals surface area contributed by atoms with Gasteiger partial charge in [-0.25, -0.2) is 4.98 Å². The summed E-state index contributed by atoms with van der Waals surface area (Å²) < 4.78 is 0. The largest absolute Gasteiger partial charge is 0.366 e. The molecule has 0 aliphatic carbocycles. The number of hydrogen-bond donors (Lipinski definition) is 1. The van der Waals surface area contributed by atoms with Crippen LogP contribution in [0.1, 0.15) is 38.8 Å². The predicted molar refractivity (Wildman–Crippen MR) is 127 cm³/mol. The molecule has 2 fully saturated rings. The highest BCUT2D eigenvalue weighted by Crippen LogP contribution is 2.31. The Morgan fingerprint density at radius 1 is 1.22 bits per heavy atom. The van der Waals surface area contributed by atoms with Crippen LogP contribution in [-0.4, -0.2) is 46.9 Å². The van der Waals surface area contributed by atoms with Crippen LogP contribution in [0.5, 0.6) is 0 Å². The van der Waals surface area contributed by atoms with Crippen LogP contribution in [0.25, 0.3) is 0 Å². The molecule has 1 N–H and O–H groups in total. The third-order valence-electron chi connectivity index (χ3n) is 6.40. The number of piperidine rings is 2. The van der Waals surface area contributed by atoms with Crippen molar-refractivity contribution >= 4 is 33.8 Å². The summed E-state index contributed by atoms with van der Waals surface area (Å²) in [6, 6.07) is 6.79. The van der Waals surface area contributed by atoms with Gasteiger partial charge in [0.05, 0.1) is 10.6 Å². The average Bonchev–Trinajstić information content (AvgIpc) is 3.19. The smallest absolute Gasteiger partial charge is 0.292 e. The van der Waals surface area contributed by atoms with E-state index in [1.807, 2.05) is 16.3 Å². The van der Waals surface area contributed by atoms with Crippen LogP contribution in [0.15, 0.2) is 29.6 Å². The van der Waals surface area contributed by atoms with Crippen LogP contribution in [-0.2, 0) is 11.3 Å². The summed E-state index contributed by atoms with van der Waals surface area (Å²) in [5.74, 6) is 1.30. The number of nitro groups is 1. The topological polar surface area (TPSA) is 91.6 Å². The zero-order chi connectivity index (χ0) is 22.7. The first-order valence-electron chi connectivity index (χ1n) is 11.3. The maximum atomic E-state index is 12.8. The van der Waals surface area contributed by atoms with E-state index in [1.54, 1.807) is 12.1 Å². The van der Waals surface area contributed by atoms with Crippen molar-refractivity contribution in [1.82, 2.24) is 9.88 Å². The van der Waals surface area contributed by atoms with Crippen molar-refractivity contribution in [3.63, 3.8) is 0 Å². The van der Waals surface area contributed by atoms with Gasteiger partial charge >= 0.3 is 0 Å². The number of amides is 1. The average molecular weight is 458 g/mol. The first-order valence-corrected chi connectivity index (χ1v) is 12.2.